The van der Waals surface area contributed by atoms with Crippen molar-refractivity contribution >= 4 is 32.8 Å². The number of amides is 1. The van der Waals surface area contributed by atoms with Crippen LogP contribution in [0.3, 0.4) is 0 Å². The molecule has 2 rings (SSSR count). The van der Waals surface area contributed by atoms with E-state index >= 15 is 0 Å². The molecule has 1 aromatic heterocycles. The van der Waals surface area contributed by atoms with Crippen LogP contribution in [0.25, 0.3) is 11.0 Å². The minimum absolute atomic E-state index is 0.123. The van der Waals surface area contributed by atoms with Gasteiger partial charge in [-0.3, -0.25) is 4.79 Å². The summed E-state index contributed by atoms with van der Waals surface area (Å²) in [4.78, 5) is 12.2. The molecule has 0 fully saturated rings. The first-order chi connectivity index (χ1) is 9.56. The molecule has 0 saturated carbocycles. The van der Waals surface area contributed by atoms with Crippen LogP contribution >= 0.6 is 15.9 Å². The molecule has 0 unspecified atom stereocenters. The third kappa shape index (κ3) is 3.06. The van der Waals surface area contributed by atoms with Crippen LogP contribution in [0.1, 0.15) is 42.8 Å². The predicted octanol–water partition coefficient (Wildman–Crippen LogP) is 4.67. The zero-order valence-corrected chi connectivity index (χ0v) is 13.7. The lowest BCUT2D eigenvalue weighted by atomic mass is 10.0. The minimum Gasteiger partial charge on any atom is -0.451 e. The number of benzene rings is 1. The molecule has 0 atom stereocenters. The minimum atomic E-state index is -0.123. The van der Waals surface area contributed by atoms with Gasteiger partial charge in [-0.25, -0.2) is 0 Å². The molecular formula is C16H20BrNO2. The van der Waals surface area contributed by atoms with Crippen molar-refractivity contribution in [3.8, 4) is 0 Å². The Labute approximate surface area is 127 Å². The molecule has 0 aliphatic rings. The standard InChI is InChI=1S/C16H20BrNO2/c1-4-11(5-2)9-18-16(19)15-10(3)13-8-12(17)6-7-14(13)20-15/h6-8,11H,4-5,9H2,1-3H3,(H,18,19). The highest BCUT2D eigenvalue weighted by atomic mass is 79.9. The fourth-order valence-electron chi connectivity index (χ4n) is 2.30. The van der Waals surface area contributed by atoms with Gasteiger partial charge in [-0.05, 0) is 31.0 Å². The summed E-state index contributed by atoms with van der Waals surface area (Å²) in [5.74, 6) is 0.823. The molecule has 1 amide bonds. The van der Waals surface area contributed by atoms with Crippen molar-refractivity contribution < 1.29 is 9.21 Å². The highest BCUT2D eigenvalue weighted by Crippen LogP contribution is 2.28. The molecule has 0 radical (unpaired) electrons. The predicted molar refractivity (Wildman–Crippen MR) is 85.1 cm³/mol. The van der Waals surface area contributed by atoms with E-state index in [0.717, 1.165) is 33.8 Å². The molecule has 1 N–H and O–H groups in total. The third-order valence-corrected chi connectivity index (χ3v) is 4.30. The van der Waals surface area contributed by atoms with E-state index in [4.69, 9.17) is 4.42 Å². The van der Waals surface area contributed by atoms with E-state index in [-0.39, 0.29) is 5.91 Å². The summed E-state index contributed by atoms with van der Waals surface area (Å²) in [6, 6.07) is 5.77. The molecule has 1 heterocycles. The number of fused-ring (bicyclic) bond motifs is 1. The van der Waals surface area contributed by atoms with Crippen molar-refractivity contribution in [1.82, 2.24) is 5.32 Å². The maximum atomic E-state index is 12.2. The lowest BCUT2D eigenvalue weighted by molar-refractivity contribution is 0.0920. The lowest BCUT2D eigenvalue weighted by Gasteiger charge is -2.12. The molecule has 3 nitrogen and oxygen atoms in total. The molecule has 0 aliphatic heterocycles. The second-order valence-corrected chi connectivity index (χ2v) is 6.00. The zero-order chi connectivity index (χ0) is 14.7. The average Bonchev–Trinajstić information content (AvgIpc) is 2.77. The van der Waals surface area contributed by atoms with Gasteiger partial charge in [-0.15, -0.1) is 0 Å². The molecule has 4 heteroatoms. The fourth-order valence-corrected chi connectivity index (χ4v) is 2.67. The van der Waals surface area contributed by atoms with Crippen molar-refractivity contribution in [2.45, 2.75) is 33.6 Å². The Balaban J connectivity index is 2.20. The van der Waals surface area contributed by atoms with E-state index in [1.165, 1.54) is 0 Å². The van der Waals surface area contributed by atoms with Crippen molar-refractivity contribution in [3.63, 3.8) is 0 Å². The van der Waals surface area contributed by atoms with Crippen molar-refractivity contribution in [1.29, 1.82) is 0 Å². The fraction of sp³-hybridized carbons (Fsp3) is 0.438. The molecule has 0 spiro atoms. The van der Waals surface area contributed by atoms with E-state index < -0.39 is 0 Å². The Morgan fingerprint density at radius 3 is 2.70 bits per heavy atom. The number of halogens is 1. The van der Waals surface area contributed by atoms with Gasteiger partial charge in [0.15, 0.2) is 5.76 Å². The Hall–Kier alpha value is -1.29. The van der Waals surface area contributed by atoms with Crippen LogP contribution in [0.4, 0.5) is 0 Å². The first-order valence-corrected chi connectivity index (χ1v) is 7.82. The van der Waals surface area contributed by atoms with Crippen molar-refractivity contribution in [2.75, 3.05) is 6.54 Å². The zero-order valence-electron chi connectivity index (χ0n) is 12.1. The Morgan fingerprint density at radius 1 is 1.35 bits per heavy atom. The van der Waals surface area contributed by atoms with E-state index in [2.05, 4.69) is 35.1 Å². The highest BCUT2D eigenvalue weighted by Gasteiger charge is 2.18. The molecular weight excluding hydrogens is 318 g/mol. The van der Waals surface area contributed by atoms with Crippen LogP contribution in [0, 0.1) is 12.8 Å². The molecule has 0 saturated heterocycles. The van der Waals surface area contributed by atoms with Gasteiger partial charge in [0.05, 0.1) is 0 Å². The molecule has 1 aromatic carbocycles. The average molecular weight is 338 g/mol. The van der Waals surface area contributed by atoms with Crippen LogP contribution in [0.15, 0.2) is 27.1 Å². The summed E-state index contributed by atoms with van der Waals surface area (Å²) in [5.41, 5.74) is 1.64. The first-order valence-electron chi connectivity index (χ1n) is 7.03. The van der Waals surface area contributed by atoms with Gasteiger partial charge >= 0.3 is 0 Å². The second kappa shape index (κ2) is 6.44. The van der Waals surface area contributed by atoms with Gasteiger partial charge in [0.1, 0.15) is 5.58 Å². The van der Waals surface area contributed by atoms with Gasteiger partial charge in [-0.1, -0.05) is 42.6 Å². The van der Waals surface area contributed by atoms with E-state index in [9.17, 15) is 4.79 Å². The quantitative estimate of drug-likeness (QED) is 0.861. The number of carbonyl (C=O) groups is 1. The smallest absolute Gasteiger partial charge is 0.287 e. The molecule has 0 aliphatic carbocycles. The van der Waals surface area contributed by atoms with Gasteiger partial charge < -0.3 is 9.73 Å². The number of furan rings is 1. The second-order valence-electron chi connectivity index (χ2n) is 5.09. The molecule has 2 aromatic rings. The number of nitrogens with one attached hydrogen (secondary N) is 1. The summed E-state index contributed by atoms with van der Waals surface area (Å²) in [7, 11) is 0. The van der Waals surface area contributed by atoms with Crippen molar-refractivity contribution in [3.05, 3.63) is 34.0 Å². The first kappa shape index (κ1) is 15.1. The monoisotopic (exact) mass is 337 g/mol. The number of aryl methyl sites for hydroxylation is 1. The Morgan fingerprint density at radius 2 is 2.05 bits per heavy atom. The number of carbonyl (C=O) groups excluding carboxylic acids is 1. The van der Waals surface area contributed by atoms with E-state index in [0.29, 0.717) is 18.2 Å². The maximum Gasteiger partial charge on any atom is 0.287 e. The number of hydrogen-bond acceptors (Lipinski definition) is 2. The van der Waals surface area contributed by atoms with Gasteiger partial charge in [0.25, 0.3) is 5.91 Å². The van der Waals surface area contributed by atoms with Crippen LogP contribution in [0.2, 0.25) is 0 Å². The summed E-state index contributed by atoms with van der Waals surface area (Å²) in [6.45, 7) is 6.91. The van der Waals surface area contributed by atoms with Gasteiger partial charge in [0, 0.05) is 22.0 Å². The number of rotatable bonds is 5. The molecule has 0 bridgehead atoms. The summed E-state index contributed by atoms with van der Waals surface area (Å²) in [6.07, 6.45) is 2.14. The lowest BCUT2D eigenvalue weighted by Crippen LogP contribution is -2.29. The van der Waals surface area contributed by atoms with Crippen molar-refractivity contribution in [2.24, 2.45) is 5.92 Å². The Bertz CT molecular complexity index is 614. The summed E-state index contributed by atoms with van der Waals surface area (Å²) < 4.78 is 6.67. The van der Waals surface area contributed by atoms with E-state index in [1.54, 1.807) is 0 Å². The van der Waals surface area contributed by atoms with Gasteiger partial charge in [-0.2, -0.15) is 0 Å². The maximum absolute atomic E-state index is 12.2. The third-order valence-electron chi connectivity index (χ3n) is 3.81. The van der Waals surface area contributed by atoms with Crippen LogP contribution in [0.5, 0.6) is 0 Å². The van der Waals surface area contributed by atoms with Crippen LogP contribution in [-0.4, -0.2) is 12.5 Å². The summed E-state index contributed by atoms with van der Waals surface area (Å²) >= 11 is 3.44. The summed E-state index contributed by atoms with van der Waals surface area (Å²) in [5, 5.41) is 3.95. The largest absolute Gasteiger partial charge is 0.451 e. The van der Waals surface area contributed by atoms with Gasteiger partial charge in [0.2, 0.25) is 0 Å². The number of hydrogen-bond donors (Lipinski definition) is 1. The van der Waals surface area contributed by atoms with Crippen LogP contribution < -0.4 is 5.32 Å². The molecule has 20 heavy (non-hydrogen) atoms. The normalized spacial score (nSPS) is 11.2. The van der Waals surface area contributed by atoms with Crippen LogP contribution in [-0.2, 0) is 0 Å². The Kier molecular flexibility index (Phi) is 4.86. The SMILES string of the molecule is CCC(CC)CNC(=O)c1oc2ccc(Br)cc2c1C. The molecule has 108 valence electrons. The van der Waals surface area contributed by atoms with E-state index in [1.807, 2.05) is 25.1 Å². The highest BCUT2D eigenvalue weighted by molar-refractivity contribution is 9.10. The topological polar surface area (TPSA) is 42.2 Å².